The fraction of sp³-hybridized carbons (Fsp3) is 0.562. The minimum atomic E-state index is -0.176. The molecule has 1 aliphatic rings. The van der Waals surface area contributed by atoms with Crippen molar-refractivity contribution in [3.63, 3.8) is 0 Å². The molecule has 1 atom stereocenters. The number of ketones is 1. The van der Waals surface area contributed by atoms with E-state index in [1.165, 1.54) is 0 Å². The molecular weight excluding hydrogens is 238 g/mol. The second-order valence-corrected chi connectivity index (χ2v) is 5.58. The molecule has 2 rings (SSSR count). The van der Waals surface area contributed by atoms with Gasteiger partial charge in [0.1, 0.15) is 11.5 Å². The lowest BCUT2D eigenvalue weighted by molar-refractivity contribution is -0.129. The van der Waals surface area contributed by atoms with Gasteiger partial charge in [0.2, 0.25) is 0 Å². The Hall–Kier alpha value is -1.35. The summed E-state index contributed by atoms with van der Waals surface area (Å²) < 4.78 is 0. The van der Waals surface area contributed by atoms with Crippen LogP contribution in [-0.2, 0) is 11.2 Å². The van der Waals surface area contributed by atoms with E-state index in [1.807, 2.05) is 12.1 Å². The minimum absolute atomic E-state index is 0.176. The highest BCUT2D eigenvalue weighted by Crippen LogP contribution is 2.33. The predicted molar refractivity (Wildman–Crippen MR) is 76.3 cm³/mol. The Labute approximate surface area is 115 Å². The quantitative estimate of drug-likeness (QED) is 0.856. The van der Waals surface area contributed by atoms with Gasteiger partial charge in [0.15, 0.2) is 0 Å². The maximum absolute atomic E-state index is 12.7. The third kappa shape index (κ3) is 3.35. The molecule has 3 heteroatoms. The molecule has 1 aliphatic heterocycles. The van der Waals surface area contributed by atoms with Crippen LogP contribution >= 0.6 is 0 Å². The normalized spacial score (nSPS) is 23.2. The van der Waals surface area contributed by atoms with Crippen LogP contribution in [0.25, 0.3) is 0 Å². The van der Waals surface area contributed by atoms with Crippen molar-refractivity contribution in [2.75, 3.05) is 13.1 Å². The Morgan fingerprint density at radius 1 is 1.37 bits per heavy atom. The summed E-state index contributed by atoms with van der Waals surface area (Å²) in [7, 11) is 0. The largest absolute Gasteiger partial charge is 0.508 e. The highest BCUT2D eigenvalue weighted by atomic mass is 16.3. The number of carbonyl (C=O) groups is 1. The van der Waals surface area contributed by atoms with Crippen LogP contribution < -0.4 is 5.32 Å². The minimum Gasteiger partial charge on any atom is -0.508 e. The molecule has 0 radical (unpaired) electrons. The molecule has 0 aliphatic carbocycles. The van der Waals surface area contributed by atoms with Crippen molar-refractivity contribution in [1.29, 1.82) is 0 Å². The zero-order chi connectivity index (χ0) is 13.7. The molecule has 104 valence electrons. The van der Waals surface area contributed by atoms with Gasteiger partial charge in [-0.15, -0.1) is 0 Å². The monoisotopic (exact) mass is 261 g/mol. The van der Waals surface area contributed by atoms with Crippen molar-refractivity contribution in [3.05, 3.63) is 29.8 Å². The van der Waals surface area contributed by atoms with Gasteiger partial charge in [0.05, 0.1) is 0 Å². The first-order valence-corrected chi connectivity index (χ1v) is 7.18. The van der Waals surface area contributed by atoms with Gasteiger partial charge in [-0.05, 0) is 43.5 Å². The lowest BCUT2D eigenvalue weighted by Gasteiger charge is -2.36. The number of carbonyl (C=O) groups excluding carboxylic acids is 1. The fourth-order valence-electron chi connectivity index (χ4n) is 3.02. The van der Waals surface area contributed by atoms with E-state index in [0.29, 0.717) is 12.2 Å². The number of hydrogen-bond donors (Lipinski definition) is 2. The summed E-state index contributed by atoms with van der Waals surface area (Å²) in [5.74, 6) is 0.589. The average Bonchev–Trinajstić information content (AvgIpc) is 2.43. The van der Waals surface area contributed by atoms with E-state index < -0.39 is 0 Å². The summed E-state index contributed by atoms with van der Waals surface area (Å²) in [6.45, 7) is 3.99. The first-order chi connectivity index (χ1) is 9.16. The van der Waals surface area contributed by atoms with Gasteiger partial charge in [-0.25, -0.2) is 0 Å². The van der Waals surface area contributed by atoms with E-state index in [-0.39, 0.29) is 11.2 Å². The number of piperidine rings is 1. The first-order valence-electron chi connectivity index (χ1n) is 7.18. The van der Waals surface area contributed by atoms with Crippen molar-refractivity contribution < 1.29 is 9.90 Å². The molecule has 1 aromatic rings. The van der Waals surface area contributed by atoms with Gasteiger partial charge >= 0.3 is 0 Å². The van der Waals surface area contributed by atoms with E-state index in [2.05, 4.69) is 12.2 Å². The summed E-state index contributed by atoms with van der Waals surface area (Å²) >= 11 is 0. The average molecular weight is 261 g/mol. The number of nitrogens with one attached hydrogen (secondary N) is 1. The lowest BCUT2D eigenvalue weighted by atomic mass is 9.72. The molecule has 1 fully saturated rings. The highest BCUT2D eigenvalue weighted by molar-refractivity contribution is 5.87. The molecule has 0 amide bonds. The standard InChI is InChI=1S/C16H23NO2/c1-2-8-16(9-3-10-17-12-16)15(19)11-13-4-6-14(18)7-5-13/h4-7,17-18H,2-3,8-12H2,1H3. The smallest absolute Gasteiger partial charge is 0.144 e. The second-order valence-electron chi connectivity index (χ2n) is 5.58. The summed E-state index contributed by atoms with van der Waals surface area (Å²) in [5.41, 5.74) is 0.814. The van der Waals surface area contributed by atoms with Crippen molar-refractivity contribution in [2.45, 2.75) is 39.0 Å². The van der Waals surface area contributed by atoms with Gasteiger partial charge in [0, 0.05) is 18.4 Å². The molecule has 3 nitrogen and oxygen atoms in total. The number of phenols is 1. The van der Waals surface area contributed by atoms with Crippen LogP contribution in [0.3, 0.4) is 0 Å². The molecule has 0 spiro atoms. The van der Waals surface area contributed by atoms with Crippen molar-refractivity contribution in [1.82, 2.24) is 5.32 Å². The second kappa shape index (κ2) is 6.20. The molecule has 1 unspecified atom stereocenters. The van der Waals surface area contributed by atoms with E-state index in [1.54, 1.807) is 12.1 Å². The van der Waals surface area contributed by atoms with Crippen LogP contribution in [0, 0.1) is 5.41 Å². The molecule has 1 aromatic carbocycles. The molecule has 0 bridgehead atoms. The maximum Gasteiger partial charge on any atom is 0.144 e. The number of Topliss-reactive ketones (excluding diaryl/α,β-unsaturated/α-hetero) is 1. The summed E-state index contributed by atoms with van der Waals surface area (Å²) in [6, 6.07) is 6.97. The summed E-state index contributed by atoms with van der Waals surface area (Å²) in [6.07, 6.45) is 4.58. The summed E-state index contributed by atoms with van der Waals surface area (Å²) in [5, 5.41) is 12.7. The molecule has 2 N–H and O–H groups in total. The predicted octanol–water partition coefficient (Wildman–Crippen LogP) is 2.67. The topological polar surface area (TPSA) is 49.3 Å². The first kappa shape index (κ1) is 14.1. The number of benzene rings is 1. The van der Waals surface area contributed by atoms with Gasteiger partial charge in [-0.3, -0.25) is 4.79 Å². The third-order valence-electron chi connectivity index (χ3n) is 4.09. The zero-order valence-electron chi connectivity index (χ0n) is 11.6. The lowest BCUT2D eigenvalue weighted by Crippen LogP contribution is -2.46. The maximum atomic E-state index is 12.7. The highest BCUT2D eigenvalue weighted by Gasteiger charge is 2.37. The van der Waals surface area contributed by atoms with Gasteiger partial charge in [-0.1, -0.05) is 25.5 Å². The van der Waals surface area contributed by atoms with Crippen LogP contribution in [0.4, 0.5) is 0 Å². The van der Waals surface area contributed by atoms with Crippen molar-refractivity contribution >= 4 is 5.78 Å². The van der Waals surface area contributed by atoms with Crippen LogP contribution in [0.5, 0.6) is 5.75 Å². The van der Waals surface area contributed by atoms with Crippen LogP contribution in [0.15, 0.2) is 24.3 Å². The molecule has 0 saturated carbocycles. The van der Waals surface area contributed by atoms with Crippen molar-refractivity contribution in [2.24, 2.45) is 5.41 Å². The SMILES string of the molecule is CCCC1(C(=O)Cc2ccc(O)cc2)CCCNC1. The third-order valence-corrected chi connectivity index (χ3v) is 4.09. The molecule has 1 saturated heterocycles. The van der Waals surface area contributed by atoms with E-state index >= 15 is 0 Å². The Kier molecular flexibility index (Phi) is 4.59. The molecule has 19 heavy (non-hydrogen) atoms. The Balaban J connectivity index is 2.09. The fourth-order valence-corrected chi connectivity index (χ4v) is 3.02. The summed E-state index contributed by atoms with van der Waals surface area (Å²) in [4.78, 5) is 12.7. The number of aromatic hydroxyl groups is 1. The van der Waals surface area contributed by atoms with Gasteiger partial charge in [0.25, 0.3) is 0 Å². The van der Waals surface area contributed by atoms with Crippen LogP contribution in [0.1, 0.15) is 38.2 Å². The van der Waals surface area contributed by atoms with E-state index in [4.69, 9.17) is 0 Å². The number of hydrogen-bond acceptors (Lipinski definition) is 3. The molecule has 1 heterocycles. The van der Waals surface area contributed by atoms with Gasteiger partial charge in [-0.2, -0.15) is 0 Å². The van der Waals surface area contributed by atoms with Crippen molar-refractivity contribution in [3.8, 4) is 5.75 Å². The van der Waals surface area contributed by atoms with Gasteiger partial charge < -0.3 is 10.4 Å². The molecular formula is C16H23NO2. The molecule has 0 aromatic heterocycles. The Morgan fingerprint density at radius 2 is 2.11 bits per heavy atom. The number of rotatable bonds is 5. The van der Waals surface area contributed by atoms with Crippen LogP contribution in [0.2, 0.25) is 0 Å². The zero-order valence-corrected chi connectivity index (χ0v) is 11.6. The Bertz CT molecular complexity index is 413. The van der Waals surface area contributed by atoms with Crippen LogP contribution in [-0.4, -0.2) is 24.0 Å². The van der Waals surface area contributed by atoms with E-state index in [9.17, 15) is 9.90 Å². The number of phenolic OH excluding ortho intramolecular Hbond substituents is 1. The van der Waals surface area contributed by atoms with E-state index in [0.717, 1.165) is 44.3 Å². The Morgan fingerprint density at radius 3 is 2.68 bits per heavy atom.